The number of fused-ring (bicyclic) bond motifs is 1. The molecule has 1 saturated heterocycles. The van der Waals surface area contributed by atoms with E-state index in [0.29, 0.717) is 56.1 Å². The standard InChI is InChI=1S/C26H32N8O4S/c1-5-9-20-22-23(30-34(20)21-10-7-8-11-27-21)26(35)32(4)24(29-22)19-16-18(17-28-25(19)38-6-2)39(36,37)33-14-12-31(3)13-15-33/h7-8,10-11,16-17H,5-6,9,12-15H2,1-4H3. The van der Waals surface area contributed by atoms with Crippen LogP contribution in [0.4, 0.5) is 0 Å². The third-order valence-electron chi connectivity index (χ3n) is 6.80. The summed E-state index contributed by atoms with van der Waals surface area (Å²) >= 11 is 0. The third-order valence-corrected chi connectivity index (χ3v) is 8.66. The topological polar surface area (TPSA) is 128 Å². The molecule has 39 heavy (non-hydrogen) atoms. The van der Waals surface area contributed by atoms with Crippen molar-refractivity contribution in [3.05, 3.63) is 52.7 Å². The highest BCUT2D eigenvalue weighted by atomic mass is 32.2. The highest BCUT2D eigenvalue weighted by Gasteiger charge is 2.30. The Hall–Kier alpha value is -3.68. The number of piperazine rings is 1. The number of sulfonamides is 1. The molecule has 13 heteroatoms. The number of rotatable bonds is 8. The monoisotopic (exact) mass is 552 g/mol. The maximum atomic E-state index is 13.6. The van der Waals surface area contributed by atoms with E-state index in [9.17, 15) is 13.2 Å². The number of likely N-dealkylation sites (N-methyl/N-ethyl adjacent to an activating group) is 1. The molecule has 0 bridgehead atoms. The molecule has 0 N–H and O–H groups in total. The van der Waals surface area contributed by atoms with E-state index in [1.807, 2.05) is 39.1 Å². The second-order valence-electron chi connectivity index (χ2n) is 9.46. The largest absolute Gasteiger partial charge is 0.477 e. The Labute approximate surface area is 226 Å². The molecule has 0 radical (unpaired) electrons. The van der Waals surface area contributed by atoms with Gasteiger partial charge in [0, 0.05) is 39.4 Å². The molecule has 0 spiro atoms. The van der Waals surface area contributed by atoms with Crippen LogP contribution in [-0.2, 0) is 23.5 Å². The summed E-state index contributed by atoms with van der Waals surface area (Å²) in [5, 5.41) is 4.58. The summed E-state index contributed by atoms with van der Waals surface area (Å²) in [5.41, 5.74) is 1.36. The summed E-state index contributed by atoms with van der Waals surface area (Å²) in [5.74, 6) is 1.03. The van der Waals surface area contributed by atoms with E-state index in [1.165, 1.54) is 21.1 Å². The lowest BCUT2D eigenvalue weighted by Gasteiger charge is -2.31. The average molecular weight is 553 g/mol. The summed E-state index contributed by atoms with van der Waals surface area (Å²) in [6.45, 7) is 6.21. The van der Waals surface area contributed by atoms with Gasteiger partial charge < -0.3 is 9.64 Å². The lowest BCUT2D eigenvalue weighted by atomic mass is 10.2. The fourth-order valence-electron chi connectivity index (χ4n) is 4.68. The fourth-order valence-corrected chi connectivity index (χ4v) is 6.07. The number of hydrogen-bond acceptors (Lipinski definition) is 9. The van der Waals surface area contributed by atoms with E-state index in [0.717, 1.165) is 12.1 Å². The Balaban J connectivity index is 1.71. The molecule has 0 amide bonds. The summed E-state index contributed by atoms with van der Waals surface area (Å²) in [6.07, 6.45) is 4.38. The number of hydrogen-bond donors (Lipinski definition) is 0. The first kappa shape index (κ1) is 26.9. The Bertz CT molecular complexity index is 1660. The van der Waals surface area contributed by atoms with Crippen LogP contribution in [0.25, 0.3) is 28.2 Å². The molecule has 1 aliphatic heterocycles. The summed E-state index contributed by atoms with van der Waals surface area (Å²) in [4.78, 5) is 29.3. The lowest BCUT2D eigenvalue weighted by Crippen LogP contribution is -2.47. The maximum absolute atomic E-state index is 13.6. The van der Waals surface area contributed by atoms with Gasteiger partial charge in [-0.3, -0.25) is 9.36 Å². The van der Waals surface area contributed by atoms with Gasteiger partial charge in [-0.1, -0.05) is 19.4 Å². The van der Waals surface area contributed by atoms with Gasteiger partial charge in [0.05, 0.1) is 24.1 Å². The number of aryl methyl sites for hydroxylation is 1. The number of aromatic nitrogens is 6. The van der Waals surface area contributed by atoms with E-state index >= 15 is 0 Å². The maximum Gasteiger partial charge on any atom is 0.281 e. The molecule has 0 saturated carbocycles. The Morgan fingerprint density at radius 3 is 2.46 bits per heavy atom. The van der Waals surface area contributed by atoms with Crippen molar-refractivity contribution < 1.29 is 13.2 Å². The predicted molar refractivity (Wildman–Crippen MR) is 147 cm³/mol. The quantitative estimate of drug-likeness (QED) is 0.322. The van der Waals surface area contributed by atoms with Gasteiger partial charge in [0.1, 0.15) is 16.2 Å². The molecule has 5 heterocycles. The average Bonchev–Trinajstić information content (AvgIpc) is 3.30. The molecule has 0 aromatic carbocycles. The first-order valence-corrected chi connectivity index (χ1v) is 14.4. The molecule has 5 rings (SSSR count). The molecule has 206 valence electrons. The molecule has 4 aromatic heterocycles. The lowest BCUT2D eigenvalue weighted by molar-refractivity contribution is 0.222. The summed E-state index contributed by atoms with van der Waals surface area (Å²) in [7, 11) is -0.265. The molecular weight excluding hydrogens is 520 g/mol. The van der Waals surface area contributed by atoms with Crippen LogP contribution in [-0.4, -0.2) is 86.8 Å². The van der Waals surface area contributed by atoms with E-state index in [-0.39, 0.29) is 27.7 Å². The van der Waals surface area contributed by atoms with Gasteiger partial charge in [0.25, 0.3) is 5.56 Å². The molecule has 0 unspecified atom stereocenters. The molecule has 4 aromatic rings. The van der Waals surface area contributed by atoms with Crippen molar-refractivity contribution in [3.63, 3.8) is 0 Å². The van der Waals surface area contributed by atoms with E-state index in [4.69, 9.17) is 9.72 Å². The summed E-state index contributed by atoms with van der Waals surface area (Å²) < 4.78 is 37.3. The van der Waals surface area contributed by atoms with Gasteiger partial charge >= 0.3 is 0 Å². The molecule has 0 aliphatic carbocycles. The zero-order valence-electron chi connectivity index (χ0n) is 22.5. The van der Waals surface area contributed by atoms with E-state index < -0.39 is 10.0 Å². The van der Waals surface area contributed by atoms with Crippen molar-refractivity contribution in [1.29, 1.82) is 0 Å². The van der Waals surface area contributed by atoms with Crippen LogP contribution in [0.15, 0.2) is 46.3 Å². The zero-order chi connectivity index (χ0) is 27.7. The minimum absolute atomic E-state index is 0.0258. The first-order chi connectivity index (χ1) is 18.8. The predicted octanol–water partition coefficient (Wildman–Crippen LogP) is 1.86. The Morgan fingerprint density at radius 2 is 1.79 bits per heavy atom. The van der Waals surface area contributed by atoms with Gasteiger partial charge in [0.2, 0.25) is 15.9 Å². The van der Waals surface area contributed by atoms with Crippen LogP contribution in [0, 0.1) is 0 Å². The molecule has 12 nitrogen and oxygen atoms in total. The minimum atomic E-state index is -3.81. The van der Waals surface area contributed by atoms with Gasteiger partial charge in [-0.05, 0) is 38.6 Å². The van der Waals surface area contributed by atoms with Crippen molar-refractivity contribution in [2.24, 2.45) is 7.05 Å². The second kappa shape index (κ2) is 10.8. The van der Waals surface area contributed by atoms with Crippen LogP contribution >= 0.6 is 0 Å². The van der Waals surface area contributed by atoms with Gasteiger partial charge in [-0.15, -0.1) is 0 Å². The highest BCUT2D eigenvalue weighted by Crippen LogP contribution is 2.31. The highest BCUT2D eigenvalue weighted by molar-refractivity contribution is 7.89. The van der Waals surface area contributed by atoms with Gasteiger partial charge in [-0.25, -0.2) is 28.1 Å². The van der Waals surface area contributed by atoms with Crippen molar-refractivity contribution >= 4 is 21.1 Å². The van der Waals surface area contributed by atoms with Crippen molar-refractivity contribution in [2.75, 3.05) is 39.8 Å². The SMILES string of the molecule is CCCc1c2nc(-c3cc(S(=O)(=O)N4CCN(C)CC4)cnc3OCC)n(C)c(=O)c2nn1-c1ccccn1. The normalized spacial score (nSPS) is 15.2. The minimum Gasteiger partial charge on any atom is -0.477 e. The van der Waals surface area contributed by atoms with Crippen LogP contribution in [0.3, 0.4) is 0 Å². The second-order valence-corrected chi connectivity index (χ2v) is 11.4. The first-order valence-electron chi connectivity index (χ1n) is 13.0. The fraction of sp³-hybridized carbons (Fsp3) is 0.423. The molecular formula is C26H32N8O4S. The molecule has 1 fully saturated rings. The van der Waals surface area contributed by atoms with Crippen molar-refractivity contribution in [1.82, 2.24) is 38.5 Å². The number of nitrogens with zero attached hydrogens (tertiary/aromatic N) is 8. The van der Waals surface area contributed by atoms with Gasteiger partial charge in [0.15, 0.2) is 11.3 Å². The van der Waals surface area contributed by atoms with Crippen molar-refractivity contribution in [3.8, 4) is 23.1 Å². The van der Waals surface area contributed by atoms with E-state index in [1.54, 1.807) is 17.9 Å². The van der Waals surface area contributed by atoms with Crippen molar-refractivity contribution in [2.45, 2.75) is 31.6 Å². The van der Waals surface area contributed by atoms with Crippen LogP contribution < -0.4 is 10.3 Å². The molecule has 1 aliphatic rings. The molecule has 0 atom stereocenters. The zero-order valence-corrected chi connectivity index (χ0v) is 23.3. The third kappa shape index (κ3) is 4.92. The van der Waals surface area contributed by atoms with E-state index in [2.05, 4.69) is 20.0 Å². The van der Waals surface area contributed by atoms with Gasteiger partial charge in [-0.2, -0.15) is 9.40 Å². The van der Waals surface area contributed by atoms with Crippen LogP contribution in [0.2, 0.25) is 0 Å². The smallest absolute Gasteiger partial charge is 0.281 e. The van der Waals surface area contributed by atoms with Crippen LogP contribution in [0.1, 0.15) is 26.0 Å². The Kier molecular flexibility index (Phi) is 7.47. The number of ether oxygens (including phenoxy) is 1. The summed E-state index contributed by atoms with van der Waals surface area (Å²) in [6, 6.07) is 6.99. The Morgan fingerprint density at radius 1 is 1.03 bits per heavy atom. The number of pyridine rings is 2. The van der Waals surface area contributed by atoms with Crippen LogP contribution in [0.5, 0.6) is 5.88 Å².